The number of rotatable bonds is 4. The molecule has 1 unspecified atom stereocenters. The molecule has 1 aromatic heterocycles. The van der Waals surface area contributed by atoms with Crippen molar-refractivity contribution >= 4 is 11.8 Å². The number of carbonyl (C=O) groups is 1. The van der Waals surface area contributed by atoms with Crippen LogP contribution in [0.2, 0.25) is 0 Å². The fourth-order valence-electron chi connectivity index (χ4n) is 1.77. The van der Waals surface area contributed by atoms with Gasteiger partial charge in [0.2, 0.25) is 0 Å². The summed E-state index contributed by atoms with van der Waals surface area (Å²) in [6, 6.07) is 1.64. The number of carbonyl (C=O) groups excluding carboxylic acids is 1. The van der Waals surface area contributed by atoms with Crippen LogP contribution in [0.1, 0.15) is 19.3 Å². The smallest absolute Gasteiger partial charge is 0.327 e. The van der Waals surface area contributed by atoms with E-state index in [0.717, 1.165) is 25.9 Å². The molecule has 17 heavy (non-hydrogen) atoms. The van der Waals surface area contributed by atoms with Crippen LogP contribution in [0.5, 0.6) is 0 Å². The molecule has 0 saturated carbocycles. The quantitative estimate of drug-likeness (QED) is 0.777. The molecule has 1 aliphatic rings. The van der Waals surface area contributed by atoms with E-state index < -0.39 is 0 Å². The number of esters is 1. The molecule has 0 amide bonds. The van der Waals surface area contributed by atoms with Gasteiger partial charge in [-0.1, -0.05) is 0 Å². The summed E-state index contributed by atoms with van der Waals surface area (Å²) in [5.41, 5.74) is 5.44. The minimum atomic E-state index is -0.317. The highest BCUT2D eigenvalue weighted by atomic mass is 16.6. The molecule has 1 aliphatic heterocycles. The third kappa shape index (κ3) is 3.74. The van der Waals surface area contributed by atoms with E-state index >= 15 is 0 Å². The topological polar surface area (TPSA) is 79.4 Å². The first kappa shape index (κ1) is 11.9. The van der Waals surface area contributed by atoms with Crippen LogP contribution in [0, 0.1) is 0 Å². The molecule has 1 saturated heterocycles. The zero-order valence-electron chi connectivity index (χ0n) is 9.67. The Morgan fingerprint density at radius 1 is 1.65 bits per heavy atom. The van der Waals surface area contributed by atoms with Crippen molar-refractivity contribution < 1.29 is 14.3 Å². The average molecular weight is 239 g/mol. The Bertz CT molecular complexity index is 372. The van der Waals surface area contributed by atoms with Crippen molar-refractivity contribution in [3.8, 4) is 0 Å². The number of nitrogens with two attached hydrogens (primary N) is 1. The molecule has 0 aliphatic carbocycles. The molecule has 6 nitrogen and oxygen atoms in total. The highest BCUT2D eigenvalue weighted by Crippen LogP contribution is 2.12. The van der Waals surface area contributed by atoms with Crippen molar-refractivity contribution in [1.82, 2.24) is 9.78 Å². The van der Waals surface area contributed by atoms with Crippen LogP contribution in [-0.4, -0.2) is 35.1 Å². The van der Waals surface area contributed by atoms with E-state index in [2.05, 4.69) is 5.10 Å². The summed E-state index contributed by atoms with van der Waals surface area (Å²) in [7, 11) is 0. The molecule has 2 N–H and O–H groups in total. The second-order valence-electron chi connectivity index (χ2n) is 4.11. The van der Waals surface area contributed by atoms with E-state index in [4.69, 9.17) is 15.2 Å². The number of anilines is 1. The highest BCUT2D eigenvalue weighted by Gasteiger charge is 2.16. The lowest BCUT2D eigenvalue weighted by molar-refractivity contribution is -0.150. The Morgan fingerprint density at radius 2 is 2.53 bits per heavy atom. The predicted octanol–water partition coefficient (Wildman–Crippen LogP) is 0.578. The van der Waals surface area contributed by atoms with Crippen LogP contribution in [0.15, 0.2) is 12.3 Å². The molecular formula is C11H17N3O3. The molecule has 0 radical (unpaired) electrons. The van der Waals surface area contributed by atoms with Gasteiger partial charge in [-0.2, -0.15) is 5.10 Å². The monoisotopic (exact) mass is 239 g/mol. The summed E-state index contributed by atoms with van der Waals surface area (Å²) in [6.07, 6.45) is 4.89. The molecular weight excluding hydrogens is 222 g/mol. The summed E-state index contributed by atoms with van der Waals surface area (Å²) in [6.45, 7) is 1.18. The second kappa shape index (κ2) is 5.67. The van der Waals surface area contributed by atoms with E-state index in [-0.39, 0.29) is 18.6 Å². The minimum Gasteiger partial charge on any atom is -0.462 e. The fourth-order valence-corrected chi connectivity index (χ4v) is 1.77. The Hall–Kier alpha value is -1.56. The van der Waals surface area contributed by atoms with Gasteiger partial charge in [-0.3, -0.25) is 9.48 Å². The van der Waals surface area contributed by atoms with Crippen LogP contribution < -0.4 is 5.73 Å². The van der Waals surface area contributed by atoms with Gasteiger partial charge in [0.25, 0.3) is 0 Å². The van der Waals surface area contributed by atoms with Crippen molar-refractivity contribution in [3.05, 3.63) is 12.3 Å². The van der Waals surface area contributed by atoms with Gasteiger partial charge in [0, 0.05) is 12.8 Å². The Balaban J connectivity index is 1.70. The second-order valence-corrected chi connectivity index (χ2v) is 4.11. The zero-order chi connectivity index (χ0) is 12.1. The molecule has 0 bridgehead atoms. The van der Waals surface area contributed by atoms with Gasteiger partial charge in [-0.25, -0.2) is 0 Å². The summed E-state index contributed by atoms with van der Waals surface area (Å²) in [5, 5.41) is 3.91. The van der Waals surface area contributed by atoms with Crippen LogP contribution >= 0.6 is 0 Å². The Morgan fingerprint density at radius 3 is 3.18 bits per heavy atom. The first-order valence-corrected chi connectivity index (χ1v) is 5.80. The number of ether oxygens (including phenoxy) is 2. The van der Waals surface area contributed by atoms with Gasteiger partial charge in [0.15, 0.2) is 0 Å². The van der Waals surface area contributed by atoms with Crippen molar-refractivity contribution in [2.75, 3.05) is 18.9 Å². The summed E-state index contributed by atoms with van der Waals surface area (Å²) in [5.74, 6) is 0.0793. The van der Waals surface area contributed by atoms with E-state index in [1.165, 1.54) is 4.68 Å². The fraction of sp³-hybridized carbons (Fsp3) is 0.636. The van der Waals surface area contributed by atoms with E-state index in [0.29, 0.717) is 12.4 Å². The molecule has 1 aromatic rings. The predicted molar refractivity (Wildman–Crippen MR) is 61.2 cm³/mol. The Kier molecular flexibility index (Phi) is 3.98. The van der Waals surface area contributed by atoms with E-state index in [1.807, 2.05) is 0 Å². The van der Waals surface area contributed by atoms with Crippen LogP contribution in [0.3, 0.4) is 0 Å². The van der Waals surface area contributed by atoms with Crippen molar-refractivity contribution in [2.45, 2.75) is 31.9 Å². The number of hydrogen-bond acceptors (Lipinski definition) is 5. The van der Waals surface area contributed by atoms with Gasteiger partial charge in [0.05, 0.1) is 6.10 Å². The molecule has 1 fully saturated rings. The van der Waals surface area contributed by atoms with Crippen LogP contribution in [-0.2, 0) is 20.8 Å². The van der Waals surface area contributed by atoms with Crippen LogP contribution in [0.4, 0.5) is 5.82 Å². The molecule has 0 spiro atoms. The maximum Gasteiger partial charge on any atom is 0.327 e. The lowest BCUT2D eigenvalue weighted by Gasteiger charge is -2.21. The van der Waals surface area contributed by atoms with E-state index in [9.17, 15) is 4.79 Å². The third-order valence-corrected chi connectivity index (χ3v) is 2.66. The van der Waals surface area contributed by atoms with Crippen LogP contribution in [0.25, 0.3) is 0 Å². The van der Waals surface area contributed by atoms with Gasteiger partial charge >= 0.3 is 5.97 Å². The largest absolute Gasteiger partial charge is 0.462 e. The van der Waals surface area contributed by atoms with Crippen molar-refractivity contribution in [2.24, 2.45) is 0 Å². The molecule has 1 atom stereocenters. The molecule has 94 valence electrons. The van der Waals surface area contributed by atoms with Gasteiger partial charge in [-0.15, -0.1) is 0 Å². The maximum atomic E-state index is 11.5. The average Bonchev–Trinajstić information content (AvgIpc) is 2.73. The van der Waals surface area contributed by atoms with Crippen molar-refractivity contribution in [3.63, 3.8) is 0 Å². The minimum absolute atomic E-state index is 0.0513. The Labute approximate surface area is 99.7 Å². The maximum absolute atomic E-state index is 11.5. The molecule has 0 aromatic carbocycles. The summed E-state index contributed by atoms with van der Waals surface area (Å²) in [4.78, 5) is 11.5. The zero-order valence-corrected chi connectivity index (χ0v) is 9.67. The number of nitrogen functional groups attached to an aromatic ring is 1. The number of nitrogens with zero attached hydrogens (tertiary/aromatic N) is 2. The molecule has 2 heterocycles. The van der Waals surface area contributed by atoms with Gasteiger partial charge in [0.1, 0.15) is 19.0 Å². The van der Waals surface area contributed by atoms with Gasteiger partial charge in [-0.05, 0) is 25.3 Å². The summed E-state index contributed by atoms with van der Waals surface area (Å²) < 4.78 is 12.0. The normalized spacial score (nSPS) is 20.1. The molecule has 2 rings (SSSR count). The van der Waals surface area contributed by atoms with E-state index in [1.54, 1.807) is 12.3 Å². The lowest BCUT2D eigenvalue weighted by atomic mass is 10.1. The highest BCUT2D eigenvalue weighted by molar-refractivity contribution is 5.69. The first-order valence-electron chi connectivity index (χ1n) is 5.80. The number of hydrogen-bond donors (Lipinski definition) is 1. The lowest BCUT2D eigenvalue weighted by Crippen LogP contribution is -2.27. The molecule has 6 heteroatoms. The standard InChI is InChI=1S/C11H17N3O3/c12-10-4-5-14(13-10)7-11(15)17-8-9-3-1-2-6-16-9/h4-5,9H,1-3,6-8H2,(H2,12,13). The SMILES string of the molecule is Nc1ccn(CC(=O)OCC2CCCCO2)n1. The third-order valence-electron chi connectivity index (χ3n) is 2.66. The van der Waals surface area contributed by atoms with Crippen molar-refractivity contribution in [1.29, 1.82) is 0 Å². The van der Waals surface area contributed by atoms with Gasteiger partial charge < -0.3 is 15.2 Å². The number of aromatic nitrogens is 2. The first-order chi connectivity index (χ1) is 8.24. The summed E-state index contributed by atoms with van der Waals surface area (Å²) >= 11 is 0.